The summed E-state index contributed by atoms with van der Waals surface area (Å²) < 4.78 is 59.1. The predicted octanol–water partition coefficient (Wildman–Crippen LogP) is 10.9. The lowest BCUT2D eigenvalue weighted by Gasteiger charge is -2.41. The van der Waals surface area contributed by atoms with Gasteiger partial charge in [0.2, 0.25) is 0 Å². The number of rotatable bonds is 42. The first-order valence-corrected chi connectivity index (χ1v) is 25.9. The van der Waals surface area contributed by atoms with Crippen molar-refractivity contribution in [1.29, 1.82) is 0 Å². The molecule has 0 aromatic heterocycles. The molecule has 0 saturated carbocycles. The maximum atomic E-state index is 12.8. The van der Waals surface area contributed by atoms with Gasteiger partial charge in [0, 0.05) is 13.0 Å². The fraction of sp³-hybridized carbons (Fsp3) is 0.780. The molecular formula is C50H88O12S. The first-order valence-electron chi connectivity index (χ1n) is 24.5. The van der Waals surface area contributed by atoms with Crippen LogP contribution in [0.3, 0.4) is 0 Å². The van der Waals surface area contributed by atoms with Crippen LogP contribution in [0.4, 0.5) is 0 Å². The van der Waals surface area contributed by atoms with Crippen LogP contribution in [-0.4, -0.2) is 97.5 Å². The van der Waals surface area contributed by atoms with E-state index < -0.39 is 59.8 Å². The number of esters is 1. The summed E-state index contributed by atoms with van der Waals surface area (Å²) in [4.78, 5) is 12.8. The lowest BCUT2D eigenvalue weighted by atomic mass is 9.99. The third-order valence-electron chi connectivity index (χ3n) is 10.9. The van der Waals surface area contributed by atoms with E-state index in [0.717, 1.165) is 89.9 Å². The highest BCUT2D eigenvalue weighted by Crippen LogP contribution is 2.26. The van der Waals surface area contributed by atoms with Crippen LogP contribution in [0, 0.1) is 0 Å². The molecule has 0 spiro atoms. The molecule has 13 heteroatoms. The second-order valence-electron chi connectivity index (χ2n) is 16.7. The standard InChI is InChI=1S/C50H88O12S/c1-3-5-7-9-11-13-15-16-17-18-19-20-21-22-23-24-25-26-27-28-29-30-32-34-36-38-40-58-42-44(60-46(52)39-37-35-33-31-14-12-10-8-6-4-2)43-59-50-48(54)49(62-63(55,56)57)47(53)45(41-51)61-50/h5,7-8,10-11,13,16-17,19-20,44-45,47-51,53-54H,3-4,6,9,12,14-15,18,21-43H2,1-2H3,(H,55,56,57)/b7-5-,10-8-,13-11-,17-16-,20-19-. The fourth-order valence-corrected chi connectivity index (χ4v) is 7.70. The van der Waals surface area contributed by atoms with E-state index in [2.05, 4.69) is 78.8 Å². The van der Waals surface area contributed by atoms with Gasteiger partial charge in [-0.3, -0.25) is 9.35 Å². The Balaban J connectivity index is 2.28. The molecule has 0 amide bonds. The Morgan fingerprint density at radius 2 is 1.10 bits per heavy atom. The Bertz CT molecular complexity index is 1330. The monoisotopic (exact) mass is 913 g/mol. The van der Waals surface area contributed by atoms with Crippen molar-refractivity contribution >= 4 is 16.4 Å². The van der Waals surface area contributed by atoms with Crippen molar-refractivity contribution in [2.75, 3.05) is 26.4 Å². The summed E-state index contributed by atoms with van der Waals surface area (Å²) >= 11 is 0. The van der Waals surface area contributed by atoms with Crippen LogP contribution in [0.2, 0.25) is 0 Å². The number of aliphatic hydroxyl groups is 3. The third kappa shape index (κ3) is 34.8. The number of hydrogen-bond acceptors (Lipinski definition) is 11. The summed E-state index contributed by atoms with van der Waals surface area (Å²) in [5.74, 6) is -0.412. The molecule has 0 aromatic rings. The van der Waals surface area contributed by atoms with E-state index in [4.69, 9.17) is 23.5 Å². The maximum Gasteiger partial charge on any atom is 0.397 e. The van der Waals surface area contributed by atoms with Crippen LogP contribution >= 0.6 is 0 Å². The number of hydrogen-bond donors (Lipinski definition) is 4. The van der Waals surface area contributed by atoms with E-state index in [1.807, 2.05) is 0 Å². The van der Waals surface area contributed by atoms with Gasteiger partial charge in [-0.25, -0.2) is 4.18 Å². The minimum absolute atomic E-state index is 0.0302. The zero-order valence-electron chi connectivity index (χ0n) is 39.1. The number of aliphatic hydroxyl groups excluding tert-OH is 3. The Morgan fingerprint density at radius 1 is 0.619 bits per heavy atom. The van der Waals surface area contributed by atoms with Crippen molar-refractivity contribution in [3.8, 4) is 0 Å². The molecular weight excluding hydrogens is 825 g/mol. The molecule has 63 heavy (non-hydrogen) atoms. The Hall–Kier alpha value is -2.20. The second kappa shape index (κ2) is 41.2. The van der Waals surface area contributed by atoms with E-state index in [-0.39, 0.29) is 19.6 Å². The van der Waals surface area contributed by atoms with E-state index >= 15 is 0 Å². The van der Waals surface area contributed by atoms with E-state index in [0.29, 0.717) is 13.0 Å². The Morgan fingerprint density at radius 3 is 1.62 bits per heavy atom. The largest absolute Gasteiger partial charge is 0.457 e. The number of ether oxygens (including phenoxy) is 4. The van der Waals surface area contributed by atoms with E-state index in [1.165, 1.54) is 70.6 Å². The third-order valence-corrected chi connectivity index (χ3v) is 11.3. The highest BCUT2D eigenvalue weighted by atomic mass is 32.3. The van der Waals surface area contributed by atoms with E-state index in [1.54, 1.807) is 0 Å². The smallest absolute Gasteiger partial charge is 0.397 e. The van der Waals surface area contributed by atoms with Gasteiger partial charge in [0.05, 0.1) is 19.8 Å². The molecule has 0 bridgehead atoms. The van der Waals surface area contributed by atoms with Gasteiger partial charge < -0.3 is 34.3 Å². The maximum absolute atomic E-state index is 12.8. The van der Waals surface area contributed by atoms with E-state index in [9.17, 15) is 28.5 Å². The van der Waals surface area contributed by atoms with Gasteiger partial charge in [0.25, 0.3) is 0 Å². The Kier molecular flexibility index (Phi) is 38.5. The summed E-state index contributed by atoms with van der Waals surface area (Å²) in [6, 6.07) is 0. The molecule has 1 fully saturated rings. The molecule has 1 rings (SSSR count). The van der Waals surface area contributed by atoms with Crippen molar-refractivity contribution in [2.24, 2.45) is 0 Å². The second-order valence-corrected chi connectivity index (χ2v) is 17.7. The molecule has 4 N–H and O–H groups in total. The molecule has 1 aliphatic heterocycles. The van der Waals surface area contributed by atoms with Crippen molar-refractivity contribution in [1.82, 2.24) is 0 Å². The average molecular weight is 913 g/mol. The van der Waals surface area contributed by atoms with Gasteiger partial charge in [-0.2, -0.15) is 8.42 Å². The highest BCUT2D eigenvalue weighted by Gasteiger charge is 2.48. The average Bonchev–Trinajstić information content (AvgIpc) is 3.26. The topological polar surface area (TPSA) is 178 Å². The quantitative estimate of drug-likeness (QED) is 0.0197. The molecule has 0 aromatic carbocycles. The number of unbranched alkanes of at least 4 members (excludes halogenated alkanes) is 19. The summed E-state index contributed by atoms with van der Waals surface area (Å²) in [5, 5.41) is 30.7. The molecule has 0 aliphatic carbocycles. The van der Waals surface area contributed by atoms with Crippen LogP contribution in [-0.2, 0) is 38.3 Å². The minimum atomic E-state index is -5.06. The van der Waals surface area contributed by atoms with Crippen LogP contribution in [0.25, 0.3) is 0 Å². The van der Waals surface area contributed by atoms with Gasteiger partial charge in [-0.1, -0.05) is 171 Å². The molecule has 6 unspecified atom stereocenters. The number of carbonyl (C=O) groups excluding carboxylic acids is 1. The fourth-order valence-electron chi connectivity index (χ4n) is 7.20. The van der Waals surface area contributed by atoms with Crippen molar-refractivity contribution in [2.45, 2.75) is 224 Å². The highest BCUT2D eigenvalue weighted by molar-refractivity contribution is 7.80. The summed E-state index contributed by atoms with van der Waals surface area (Å²) in [5.41, 5.74) is 0. The molecule has 366 valence electrons. The predicted molar refractivity (Wildman–Crippen MR) is 253 cm³/mol. The first kappa shape index (κ1) is 58.8. The van der Waals surface area contributed by atoms with Crippen LogP contribution in [0.5, 0.6) is 0 Å². The summed E-state index contributed by atoms with van der Waals surface area (Å²) in [6.07, 6.45) is 42.8. The normalized spacial score (nSPS) is 20.4. The zero-order valence-corrected chi connectivity index (χ0v) is 39.9. The van der Waals surface area contributed by atoms with Gasteiger partial charge in [-0.15, -0.1) is 0 Å². The molecule has 0 radical (unpaired) electrons. The van der Waals surface area contributed by atoms with Crippen molar-refractivity contribution in [3.05, 3.63) is 60.8 Å². The van der Waals surface area contributed by atoms with Crippen molar-refractivity contribution < 1.29 is 56.2 Å². The van der Waals surface area contributed by atoms with Gasteiger partial charge in [0.1, 0.15) is 30.5 Å². The van der Waals surface area contributed by atoms with Gasteiger partial charge in [-0.05, 0) is 70.6 Å². The van der Waals surface area contributed by atoms with Crippen LogP contribution < -0.4 is 0 Å². The SMILES string of the molecule is CC/C=C\C/C=C\C/C=C\C/C=C\CCCCCCCCCCCCCCCOCC(COC1OC(CO)C(O)C(OS(=O)(=O)O)C1O)OC(=O)CCCCCCC/C=C\CCC. The van der Waals surface area contributed by atoms with Gasteiger partial charge in [0.15, 0.2) is 6.29 Å². The first-order chi connectivity index (χ1) is 30.6. The molecule has 1 aliphatic rings. The summed E-state index contributed by atoms with van der Waals surface area (Å²) in [6.45, 7) is 3.79. The summed E-state index contributed by atoms with van der Waals surface area (Å²) in [7, 11) is -5.06. The van der Waals surface area contributed by atoms with Crippen molar-refractivity contribution in [3.63, 3.8) is 0 Å². The van der Waals surface area contributed by atoms with Gasteiger partial charge >= 0.3 is 16.4 Å². The molecule has 6 atom stereocenters. The minimum Gasteiger partial charge on any atom is -0.457 e. The lowest BCUT2D eigenvalue weighted by molar-refractivity contribution is -0.301. The van der Waals surface area contributed by atoms with Crippen LogP contribution in [0.15, 0.2) is 60.8 Å². The number of carbonyl (C=O) groups is 1. The number of allylic oxidation sites excluding steroid dienone is 10. The molecule has 12 nitrogen and oxygen atoms in total. The molecule has 1 saturated heterocycles. The lowest BCUT2D eigenvalue weighted by Crippen LogP contribution is -2.60. The Labute approximate surface area is 382 Å². The zero-order chi connectivity index (χ0) is 46.1. The molecule has 1 heterocycles. The van der Waals surface area contributed by atoms with Crippen LogP contribution in [0.1, 0.15) is 187 Å².